The van der Waals surface area contributed by atoms with E-state index in [1.807, 2.05) is 53.4 Å². The lowest BCUT2D eigenvalue weighted by atomic mass is 10.0. The number of nitrogens with zero attached hydrogens (tertiary/aromatic N) is 6. The molecule has 1 aliphatic heterocycles. The number of benzene rings is 1. The van der Waals surface area contributed by atoms with E-state index in [1.165, 1.54) is 22.8 Å². The highest BCUT2D eigenvalue weighted by Crippen LogP contribution is 2.37. The van der Waals surface area contributed by atoms with Gasteiger partial charge >= 0.3 is 11.8 Å². The monoisotopic (exact) mass is 634 g/mol. The van der Waals surface area contributed by atoms with E-state index < -0.39 is 29.7 Å². The third kappa shape index (κ3) is 6.16. The largest absolute Gasteiger partial charge is 0.444 e. The first kappa shape index (κ1) is 29.4. The highest BCUT2D eigenvalue weighted by molar-refractivity contribution is 6.34. The predicted octanol–water partition coefficient (Wildman–Crippen LogP) is 7.16. The number of hydrogen-bond acceptors (Lipinski definition) is 7. The number of carbonyl (C=O) groups excluding carboxylic acids is 1. The molecule has 0 N–H and O–H groups in total. The molecule has 45 heavy (non-hydrogen) atoms. The Labute approximate surface area is 270 Å². The Morgan fingerprint density at radius 2 is 2.00 bits per heavy atom. The third-order valence-corrected chi connectivity index (χ3v) is 8.00. The molecule has 0 unspecified atom stereocenters. The normalized spacial score (nSPS) is 16.1. The Morgan fingerprint density at radius 3 is 2.67 bits per heavy atom. The van der Waals surface area contributed by atoms with E-state index in [9.17, 15) is 9.59 Å². The van der Waals surface area contributed by atoms with E-state index in [1.54, 1.807) is 29.3 Å². The summed E-state index contributed by atoms with van der Waals surface area (Å²) < 4.78 is 37.9. The first-order chi connectivity index (χ1) is 22.1. The summed E-state index contributed by atoms with van der Waals surface area (Å²) in [5.74, 6) is -0.376. The second-order valence-electron chi connectivity index (χ2n) is 12.6. The summed E-state index contributed by atoms with van der Waals surface area (Å²) in [6.07, 6.45) is 2.47. The Morgan fingerprint density at radius 1 is 1.24 bits per heavy atom. The number of fused-ring (bicyclic) bond motifs is 1. The zero-order valence-electron chi connectivity index (χ0n) is 28.5. The van der Waals surface area contributed by atoms with Crippen LogP contribution in [0.25, 0.3) is 34.1 Å². The molecule has 5 rings (SSSR count). The van der Waals surface area contributed by atoms with E-state index >= 15 is 4.39 Å². The number of ether oxygens (including phenoxy) is 1. The van der Waals surface area contributed by atoms with E-state index in [0.717, 1.165) is 5.56 Å². The fourth-order valence-electron chi connectivity index (χ4n) is 5.66. The van der Waals surface area contributed by atoms with Crippen LogP contribution in [0.2, 0.25) is 5.02 Å². The molecule has 0 bridgehead atoms. The van der Waals surface area contributed by atoms with Crippen molar-refractivity contribution in [3.05, 3.63) is 81.2 Å². The molecule has 4 aromatic rings. The molecule has 0 radical (unpaired) electrons. The van der Waals surface area contributed by atoms with Crippen molar-refractivity contribution in [1.29, 1.82) is 0 Å². The lowest BCUT2D eigenvalue weighted by Gasteiger charge is -2.41. The topological polar surface area (TPSA) is 93.5 Å². The van der Waals surface area contributed by atoms with Gasteiger partial charge in [0.15, 0.2) is 5.65 Å². The van der Waals surface area contributed by atoms with Gasteiger partial charge < -0.3 is 14.5 Å². The predicted molar refractivity (Wildman–Crippen MR) is 177 cm³/mol. The molecule has 0 aliphatic carbocycles. The Hall–Kier alpha value is -4.31. The summed E-state index contributed by atoms with van der Waals surface area (Å²) in [5.41, 5.74) is 1.17. The van der Waals surface area contributed by atoms with Crippen LogP contribution in [0.1, 0.15) is 67.0 Å². The third-order valence-electron chi connectivity index (χ3n) is 7.72. The summed E-state index contributed by atoms with van der Waals surface area (Å²) in [7, 11) is 0. The van der Waals surface area contributed by atoms with Gasteiger partial charge in [-0.2, -0.15) is 4.98 Å². The van der Waals surface area contributed by atoms with Crippen LogP contribution >= 0.6 is 11.6 Å². The number of aromatic nitrogens is 4. The average molecular weight is 635 g/mol. The van der Waals surface area contributed by atoms with Crippen LogP contribution in [0.15, 0.2) is 47.9 Å². The molecule has 3 aromatic heterocycles. The summed E-state index contributed by atoms with van der Waals surface area (Å²) in [5, 5.41) is 0.540. The van der Waals surface area contributed by atoms with Crippen molar-refractivity contribution in [2.24, 2.45) is 0 Å². The molecular formula is C34H38ClFN6O3. The van der Waals surface area contributed by atoms with E-state index in [2.05, 4.69) is 9.97 Å². The van der Waals surface area contributed by atoms with Crippen LogP contribution in [0, 0.1) is 12.7 Å². The Kier molecular flexibility index (Phi) is 7.99. The molecule has 236 valence electrons. The van der Waals surface area contributed by atoms with Crippen LogP contribution in [0.5, 0.6) is 0 Å². The van der Waals surface area contributed by atoms with Gasteiger partial charge in [-0.05, 0) is 69.9 Å². The fraction of sp³-hybridized carbons (Fsp3) is 0.382. The van der Waals surface area contributed by atoms with Crippen molar-refractivity contribution in [1.82, 2.24) is 24.4 Å². The summed E-state index contributed by atoms with van der Waals surface area (Å²) in [6.45, 7) is 13.7. The molecule has 1 amide bonds. The quantitative estimate of drug-likeness (QED) is 0.230. The molecule has 1 aromatic carbocycles. The minimum atomic E-state index is -0.649. The van der Waals surface area contributed by atoms with Crippen LogP contribution in [0.4, 0.5) is 15.0 Å². The van der Waals surface area contributed by atoms with Crippen LogP contribution in [-0.4, -0.2) is 61.8 Å². The summed E-state index contributed by atoms with van der Waals surface area (Å²) in [4.78, 5) is 44.6. The number of aryl methyl sites for hydroxylation is 1. The van der Waals surface area contributed by atoms with Crippen molar-refractivity contribution in [3.63, 3.8) is 0 Å². The van der Waals surface area contributed by atoms with Gasteiger partial charge in [-0.15, -0.1) is 0 Å². The maximum atomic E-state index is 15.5. The fourth-order valence-corrected chi connectivity index (χ4v) is 5.91. The van der Waals surface area contributed by atoms with E-state index in [-0.39, 0.29) is 39.5 Å². The zero-order chi connectivity index (χ0) is 34.4. The molecule has 9 nitrogen and oxygen atoms in total. The van der Waals surface area contributed by atoms with Gasteiger partial charge in [0.25, 0.3) is 0 Å². The number of amides is 1. The van der Waals surface area contributed by atoms with Crippen molar-refractivity contribution in [3.8, 4) is 16.9 Å². The highest BCUT2D eigenvalue weighted by atomic mass is 35.5. The number of piperazine rings is 1. The standard InChI is InChI=1S/C34H38ClFN6O3/c1-9-22-11-10-12-25(36)26(22)28-24(35)17-23-30(41-16-15-40(18-21(41)5)33(44)45-34(6,7)8)39-32(43)42(31(23)38-28)29-20(4)13-14-37-27(29)19(2)3/h9-14,17,19,21H,1,15-16,18H2,2-8H3/t21-/m0/s1/i1D2. The molecule has 4 heterocycles. The molecule has 0 spiro atoms. The molecule has 0 saturated carbocycles. The average Bonchev–Trinajstić information content (AvgIpc) is 2.96. The first-order valence-electron chi connectivity index (χ1n) is 15.8. The molecule has 1 atom stereocenters. The van der Waals surface area contributed by atoms with Crippen molar-refractivity contribution < 1.29 is 16.7 Å². The highest BCUT2D eigenvalue weighted by Gasteiger charge is 2.33. The lowest BCUT2D eigenvalue weighted by Crippen LogP contribution is -2.55. The number of carbonyl (C=O) groups is 1. The molecule has 11 heteroatoms. The number of pyridine rings is 2. The van der Waals surface area contributed by atoms with E-state index in [0.29, 0.717) is 42.2 Å². The maximum Gasteiger partial charge on any atom is 0.410 e. The minimum Gasteiger partial charge on any atom is -0.444 e. The van der Waals surface area contributed by atoms with Crippen molar-refractivity contribution in [2.75, 3.05) is 24.5 Å². The minimum absolute atomic E-state index is 0.0000889. The Bertz CT molecular complexity index is 1960. The van der Waals surface area contributed by atoms with Gasteiger partial charge in [-0.25, -0.2) is 23.5 Å². The second kappa shape index (κ2) is 12.2. The van der Waals surface area contributed by atoms with Gasteiger partial charge in [0.2, 0.25) is 0 Å². The number of anilines is 1. The van der Waals surface area contributed by atoms with Gasteiger partial charge in [0.05, 0.1) is 30.2 Å². The number of rotatable bonds is 5. The van der Waals surface area contributed by atoms with Gasteiger partial charge in [0.1, 0.15) is 17.2 Å². The summed E-state index contributed by atoms with van der Waals surface area (Å²) >= 11 is 6.88. The Balaban J connectivity index is 1.77. The molecule has 1 aliphatic rings. The van der Waals surface area contributed by atoms with Crippen LogP contribution < -0.4 is 10.6 Å². The van der Waals surface area contributed by atoms with Crippen molar-refractivity contribution >= 4 is 40.6 Å². The zero-order valence-corrected chi connectivity index (χ0v) is 27.2. The number of halogens is 2. The van der Waals surface area contributed by atoms with Gasteiger partial charge in [-0.3, -0.25) is 4.98 Å². The number of hydrogen-bond donors (Lipinski definition) is 0. The smallest absolute Gasteiger partial charge is 0.410 e. The lowest BCUT2D eigenvalue weighted by molar-refractivity contribution is 0.0218. The molecule has 1 saturated heterocycles. The SMILES string of the molecule is [2H]C([2H])=Cc1cccc(F)c1-c1nc2c(cc1Cl)c(N1CCN(C(=O)OC(C)(C)C)C[C@@H]1C)nc(=O)n2-c1c(C)ccnc1C(C)C. The van der Waals surface area contributed by atoms with E-state index in [4.69, 9.17) is 24.1 Å². The maximum absolute atomic E-state index is 15.5. The van der Waals surface area contributed by atoms with Crippen LogP contribution in [0.3, 0.4) is 0 Å². The van der Waals surface area contributed by atoms with Crippen molar-refractivity contribution in [2.45, 2.75) is 66.0 Å². The van der Waals surface area contributed by atoms with Gasteiger partial charge in [-0.1, -0.05) is 50.2 Å². The second-order valence-corrected chi connectivity index (χ2v) is 13.0. The molecule has 1 fully saturated rings. The van der Waals surface area contributed by atoms with Gasteiger partial charge in [0, 0.05) is 37.4 Å². The van der Waals surface area contributed by atoms with Crippen LogP contribution in [-0.2, 0) is 4.74 Å². The first-order valence-corrected chi connectivity index (χ1v) is 15.2. The summed E-state index contributed by atoms with van der Waals surface area (Å²) in [6, 6.07) is 7.46. The molecular weight excluding hydrogens is 595 g/mol.